The topological polar surface area (TPSA) is 62.7 Å². The van der Waals surface area contributed by atoms with Gasteiger partial charge in [-0.2, -0.15) is 0 Å². The number of rotatable bonds is 2. The van der Waals surface area contributed by atoms with Crippen LogP contribution in [0.2, 0.25) is 0 Å². The summed E-state index contributed by atoms with van der Waals surface area (Å²) in [4.78, 5) is 18.7. The summed E-state index contributed by atoms with van der Waals surface area (Å²) in [5.74, 6) is 0.441. The zero-order valence-corrected chi connectivity index (χ0v) is 14.3. The smallest absolute Gasteiger partial charge is 0.254 e. The molecule has 0 saturated carbocycles. The third-order valence-electron chi connectivity index (χ3n) is 5.74. The average molecular weight is 338 g/mol. The summed E-state index contributed by atoms with van der Waals surface area (Å²) >= 11 is 0. The van der Waals surface area contributed by atoms with Crippen LogP contribution >= 0.6 is 0 Å². The molecule has 25 heavy (non-hydrogen) atoms. The molecular formula is C20H22N2O3. The van der Waals surface area contributed by atoms with Crippen molar-refractivity contribution in [3.05, 3.63) is 59.3 Å². The number of aliphatic hydroxyl groups excluding tert-OH is 1. The van der Waals surface area contributed by atoms with E-state index in [2.05, 4.69) is 17.1 Å². The Balaban J connectivity index is 1.53. The van der Waals surface area contributed by atoms with Gasteiger partial charge in [0.1, 0.15) is 0 Å². The zero-order chi connectivity index (χ0) is 17.4. The van der Waals surface area contributed by atoms with Gasteiger partial charge in [0.05, 0.1) is 13.2 Å². The van der Waals surface area contributed by atoms with Crippen LogP contribution in [0.25, 0.3) is 0 Å². The lowest BCUT2D eigenvalue weighted by Crippen LogP contribution is -2.49. The number of aliphatic hydroxyl groups is 1. The van der Waals surface area contributed by atoms with Crippen LogP contribution in [0.3, 0.4) is 0 Å². The number of likely N-dealkylation sites (tertiary alicyclic amines) is 1. The van der Waals surface area contributed by atoms with Crippen molar-refractivity contribution in [2.45, 2.75) is 30.8 Å². The number of carbonyl (C=O) groups is 1. The van der Waals surface area contributed by atoms with Gasteiger partial charge in [0.15, 0.2) is 0 Å². The maximum Gasteiger partial charge on any atom is 0.254 e. The van der Waals surface area contributed by atoms with Crippen LogP contribution in [0.1, 0.15) is 34.3 Å². The second-order valence-corrected chi connectivity index (χ2v) is 6.91. The maximum atomic E-state index is 12.8. The Bertz CT molecular complexity index is 797. The van der Waals surface area contributed by atoms with E-state index in [0.29, 0.717) is 31.0 Å². The van der Waals surface area contributed by atoms with E-state index in [4.69, 9.17) is 4.74 Å². The summed E-state index contributed by atoms with van der Waals surface area (Å²) in [5.41, 5.74) is 2.90. The van der Waals surface area contributed by atoms with Crippen molar-refractivity contribution in [3.63, 3.8) is 0 Å². The molecule has 4 rings (SSSR count). The first-order valence-electron chi connectivity index (χ1n) is 8.70. The van der Waals surface area contributed by atoms with Crippen molar-refractivity contribution >= 4 is 5.91 Å². The molecule has 1 spiro atoms. The molecule has 0 bridgehead atoms. The Morgan fingerprint density at radius 2 is 2.04 bits per heavy atom. The standard InChI is InChI=1S/C20H22N2O3/c1-25-18-13-15(6-9-21-18)19(24)22-10-7-20(8-11-22)16-5-3-2-4-14(16)12-17(20)23/h2-6,9,13,17,23H,7-8,10-12H2,1H3/t17-/m1/s1. The molecule has 5 nitrogen and oxygen atoms in total. The van der Waals surface area contributed by atoms with Gasteiger partial charge in [0.2, 0.25) is 5.88 Å². The Labute approximate surface area is 147 Å². The van der Waals surface area contributed by atoms with E-state index in [1.165, 1.54) is 11.1 Å². The fourth-order valence-electron chi connectivity index (χ4n) is 4.32. The number of fused-ring (bicyclic) bond motifs is 2. The Kier molecular flexibility index (Phi) is 3.96. The first kappa shape index (κ1) is 16.1. The largest absolute Gasteiger partial charge is 0.481 e. The maximum absolute atomic E-state index is 12.8. The molecule has 2 aromatic rings. The van der Waals surface area contributed by atoms with E-state index < -0.39 is 0 Å². The van der Waals surface area contributed by atoms with Crippen molar-refractivity contribution in [2.75, 3.05) is 20.2 Å². The number of benzene rings is 1. The van der Waals surface area contributed by atoms with Crippen LogP contribution in [0.5, 0.6) is 5.88 Å². The lowest BCUT2D eigenvalue weighted by molar-refractivity contribution is 0.0365. The lowest BCUT2D eigenvalue weighted by atomic mass is 9.72. The number of hydrogen-bond donors (Lipinski definition) is 1. The Morgan fingerprint density at radius 1 is 1.28 bits per heavy atom. The molecule has 1 N–H and O–H groups in total. The quantitative estimate of drug-likeness (QED) is 0.912. The first-order valence-corrected chi connectivity index (χ1v) is 8.70. The minimum atomic E-state index is -0.358. The van der Waals surface area contributed by atoms with Gasteiger partial charge in [0.25, 0.3) is 5.91 Å². The third-order valence-corrected chi connectivity index (χ3v) is 5.74. The summed E-state index contributed by atoms with van der Waals surface area (Å²) in [7, 11) is 1.54. The number of methoxy groups -OCH3 is 1. The zero-order valence-electron chi connectivity index (χ0n) is 14.3. The second-order valence-electron chi connectivity index (χ2n) is 6.91. The highest BCUT2D eigenvalue weighted by Crippen LogP contribution is 2.46. The number of carbonyl (C=O) groups excluding carboxylic acids is 1. The highest BCUT2D eigenvalue weighted by Gasteiger charge is 2.48. The average Bonchev–Trinajstić information content (AvgIpc) is 2.93. The molecule has 1 fully saturated rings. The molecule has 1 aromatic carbocycles. The van der Waals surface area contributed by atoms with Crippen molar-refractivity contribution in [1.82, 2.24) is 9.88 Å². The first-order chi connectivity index (χ1) is 12.1. The van der Waals surface area contributed by atoms with Crippen LogP contribution in [0, 0.1) is 0 Å². The van der Waals surface area contributed by atoms with Crippen molar-refractivity contribution in [1.29, 1.82) is 0 Å². The SMILES string of the molecule is COc1cc(C(=O)N2CCC3(CC2)c2ccccc2C[C@H]3O)ccn1. The summed E-state index contributed by atoms with van der Waals surface area (Å²) < 4.78 is 5.11. The molecule has 1 aromatic heterocycles. The molecule has 1 amide bonds. The van der Waals surface area contributed by atoms with Gasteiger partial charge in [-0.25, -0.2) is 4.98 Å². The fraction of sp³-hybridized carbons (Fsp3) is 0.400. The highest BCUT2D eigenvalue weighted by molar-refractivity contribution is 5.94. The van der Waals surface area contributed by atoms with E-state index in [1.54, 1.807) is 25.4 Å². The van der Waals surface area contributed by atoms with Gasteiger partial charge in [0, 0.05) is 36.3 Å². The number of nitrogens with zero attached hydrogens (tertiary/aromatic N) is 2. The predicted octanol–water partition coefficient (Wildman–Crippen LogP) is 2.18. The van der Waals surface area contributed by atoms with Gasteiger partial charge < -0.3 is 14.7 Å². The monoisotopic (exact) mass is 338 g/mol. The molecule has 5 heteroatoms. The van der Waals surface area contributed by atoms with E-state index in [0.717, 1.165) is 12.8 Å². The Morgan fingerprint density at radius 3 is 2.80 bits per heavy atom. The van der Waals surface area contributed by atoms with Crippen molar-refractivity contribution in [3.8, 4) is 5.88 Å². The highest BCUT2D eigenvalue weighted by atomic mass is 16.5. The second kappa shape index (κ2) is 6.15. The number of aromatic nitrogens is 1. The van der Waals surface area contributed by atoms with E-state index in [1.807, 2.05) is 17.0 Å². The minimum Gasteiger partial charge on any atom is -0.481 e. The molecule has 1 atom stereocenters. The van der Waals surface area contributed by atoms with Crippen LogP contribution in [0.4, 0.5) is 0 Å². The number of piperidine rings is 1. The molecule has 2 heterocycles. The van der Waals surface area contributed by atoms with E-state index >= 15 is 0 Å². The van der Waals surface area contributed by atoms with E-state index in [-0.39, 0.29) is 17.4 Å². The van der Waals surface area contributed by atoms with Gasteiger partial charge in [-0.05, 0) is 36.5 Å². The number of hydrogen-bond acceptors (Lipinski definition) is 4. The Hall–Kier alpha value is -2.40. The van der Waals surface area contributed by atoms with Gasteiger partial charge >= 0.3 is 0 Å². The normalized spacial score (nSPS) is 21.2. The van der Waals surface area contributed by atoms with Gasteiger partial charge in [-0.3, -0.25) is 4.79 Å². The molecule has 0 radical (unpaired) electrons. The minimum absolute atomic E-state index is 0.00341. The molecular weight excluding hydrogens is 316 g/mol. The molecule has 130 valence electrons. The van der Waals surface area contributed by atoms with Crippen LogP contribution in [0.15, 0.2) is 42.6 Å². The number of pyridine rings is 1. The lowest BCUT2D eigenvalue weighted by Gasteiger charge is -2.42. The number of ether oxygens (including phenoxy) is 1. The van der Waals surface area contributed by atoms with Crippen LogP contribution in [-0.4, -0.2) is 47.2 Å². The molecule has 1 saturated heterocycles. The van der Waals surface area contributed by atoms with Crippen LogP contribution < -0.4 is 4.74 Å². The summed E-state index contributed by atoms with van der Waals surface area (Å²) in [6.45, 7) is 1.30. The van der Waals surface area contributed by atoms with Gasteiger partial charge in [-0.1, -0.05) is 24.3 Å². The predicted molar refractivity (Wildman–Crippen MR) is 93.8 cm³/mol. The fourth-order valence-corrected chi connectivity index (χ4v) is 4.32. The number of amides is 1. The molecule has 1 aliphatic carbocycles. The third kappa shape index (κ3) is 2.59. The van der Waals surface area contributed by atoms with Crippen LogP contribution in [-0.2, 0) is 11.8 Å². The summed E-state index contributed by atoms with van der Waals surface area (Å²) in [6, 6.07) is 11.7. The van der Waals surface area contributed by atoms with Crippen molar-refractivity contribution in [2.24, 2.45) is 0 Å². The summed E-state index contributed by atoms with van der Waals surface area (Å²) in [6.07, 6.45) is 3.53. The van der Waals surface area contributed by atoms with Gasteiger partial charge in [-0.15, -0.1) is 0 Å². The molecule has 1 aliphatic heterocycles. The van der Waals surface area contributed by atoms with Crippen molar-refractivity contribution < 1.29 is 14.6 Å². The molecule has 0 unspecified atom stereocenters. The summed E-state index contributed by atoms with van der Waals surface area (Å²) in [5, 5.41) is 10.7. The molecule has 2 aliphatic rings. The van der Waals surface area contributed by atoms with E-state index in [9.17, 15) is 9.90 Å².